The molecule has 2 aromatic carbocycles. The predicted molar refractivity (Wildman–Crippen MR) is 110 cm³/mol. The van der Waals surface area contributed by atoms with Crippen LogP contribution in [-0.2, 0) is 21.2 Å². The van der Waals surface area contributed by atoms with Crippen molar-refractivity contribution >= 4 is 15.9 Å². The van der Waals surface area contributed by atoms with Crippen molar-refractivity contribution in [1.82, 2.24) is 9.62 Å². The van der Waals surface area contributed by atoms with E-state index < -0.39 is 10.0 Å². The Balaban J connectivity index is 1.95. The van der Waals surface area contributed by atoms with Crippen LogP contribution >= 0.6 is 0 Å². The van der Waals surface area contributed by atoms with Crippen molar-refractivity contribution in [2.45, 2.75) is 32.1 Å². The highest BCUT2D eigenvalue weighted by molar-refractivity contribution is 7.89. The van der Waals surface area contributed by atoms with Crippen molar-refractivity contribution in [2.24, 2.45) is 0 Å². The first-order valence-electron chi connectivity index (χ1n) is 9.09. The van der Waals surface area contributed by atoms with E-state index in [0.717, 1.165) is 21.2 Å². The van der Waals surface area contributed by atoms with Crippen LogP contribution in [0.25, 0.3) is 0 Å². The Kier molecular flexibility index (Phi) is 7.21. The fourth-order valence-electron chi connectivity index (χ4n) is 3.21. The molecule has 0 aromatic heterocycles. The van der Waals surface area contributed by atoms with E-state index >= 15 is 0 Å². The van der Waals surface area contributed by atoms with Gasteiger partial charge in [-0.3, -0.25) is 4.79 Å². The maximum Gasteiger partial charge on any atom is 0.243 e. The van der Waals surface area contributed by atoms with Crippen molar-refractivity contribution in [1.29, 1.82) is 0 Å². The second kappa shape index (κ2) is 9.21. The third-order valence-electron chi connectivity index (χ3n) is 4.53. The highest BCUT2D eigenvalue weighted by Crippen LogP contribution is 2.24. The van der Waals surface area contributed by atoms with E-state index in [1.807, 2.05) is 43.3 Å². The zero-order valence-corrected chi connectivity index (χ0v) is 17.9. The van der Waals surface area contributed by atoms with Crippen molar-refractivity contribution < 1.29 is 17.9 Å². The number of hydrogen-bond acceptors (Lipinski definition) is 4. The van der Waals surface area contributed by atoms with E-state index in [0.29, 0.717) is 24.1 Å². The molecule has 152 valence electrons. The van der Waals surface area contributed by atoms with Crippen LogP contribution in [-0.4, -0.2) is 45.9 Å². The number of rotatable bonds is 8. The number of likely N-dealkylation sites (N-methyl/N-ethyl adjacent to an activating group) is 1. The maximum absolute atomic E-state index is 12.9. The largest absolute Gasteiger partial charge is 0.497 e. The van der Waals surface area contributed by atoms with Gasteiger partial charge in [-0.1, -0.05) is 29.8 Å². The molecular weight excluding hydrogens is 376 g/mol. The molecule has 0 saturated carbocycles. The van der Waals surface area contributed by atoms with Gasteiger partial charge in [-0.25, -0.2) is 8.42 Å². The summed E-state index contributed by atoms with van der Waals surface area (Å²) in [6, 6.07) is 11.3. The van der Waals surface area contributed by atoms with Crippen LogP contribution < -0.4 is 10.1 Å². The number of nitrogens with zero attached hydrogens (tertiary/aromatic N) is 1. The number of aryl methyl sites for hydroxylation is 3. The van der Waals surface area contributed by atoms with Crippen molar-refractivity contribution in [3.8, 4) is 5.75 Å². The molecule has 1 N–H and O–H groups in total. The summed E-state index contributed by atoms with van der Waals surface area (Å²) in [4.78, 5) is 12.5. The standard InChI is InChI=1S/C21H28N2O4S/c1-15-12-16(2)21(17(3)13-15)28(25,26)23(4)14-20(24)22-11-10-18-6-8-19(27-5)9-7-18/h6-9,12-13H,10-11,14H2,1-5H3,(H,22,24). The highest BCUT2D eigenvalue weighted by atomic mass is 32.2. The zero-order valence-electron chi connectivity index (χ0n) is 17.1. The number of amides is 1. The lowest BCUT2D eigenvalue weighted by Crippen LogP contribution is -2.39. The number of hydrogen-bond donors (Lipinski definition) is 1. The molecule has 2 aromatic rings. The van der Waals surface area contributed by atoms with Gasteiger partial charge in [-0.15, -0.1) is 0 Å². The van der Waals surface area contributed by atoms with Gasteiger partial charge in [-0.2, -0.15) is 4.31 Å². The summed E-state index contributed by atoms with van der Waals surface area (Å²) in [5, 5.41) is 2.78. The van der Waals surface area contributed by atoms with Crippen LogP contribution in [0.1, 0.15) is 22.3 Å². The van der Waals surface area contributed by atoms with Gasteiger partial charge in [-0.05, 0) is 56.0 Å². The highest BCUT2D eigenvalue weighted by Gasteiger charge is 2.26. The molecule has 0 spiro atoms. The van der Waals surface area contributed by atoms with Crippen LogP contribution in [0.3, 0.4) is 0 Å². The Labute approximate surface area is 167 Å². The molecule has 7 heteroatoms. The summed E-state index contributed by atoms with van der Waals surface area (Å²) >= 11 is 0. The minimum absolute atomic E-state index is 0.225. The smallest absolute Gasteiger partial charge is 0.243 e. The Bertz CT molecular complexity index is 914. The number of methoxy groups -OCH3 is 1. The predicted octanol–water partition coefficient (Wildman–Crippen LogP) is 2.60. The summed E-state index contributed by atoms with van der Waals surface area (Å²) < 4.78 is 32.0. The number of carbonyl (C=O) groups is 1. The van der Waals surface area contributed by atoms with E-state index in [2.05, 4.69) is 5.32 Å². The molecule has 0 atom stereocenters. The normalized spacial score (nSPS) is 11.5. The second-order valence-corrected chi connectivity index (χ2v) is 8.92. The van der Waals surface area contributed by atoms with E-state index in [4.69, 9.17) is 4.74 Å². The van der Waals surface area contributed by atoms with Gasteiger partial charge in [0.2, 0.25) is 15.9 Å². The SMILES string of the molecule is COc1ccc(CCNC(=O)CN(C)S(=O)(=O)c2c(C)cc(C)cc2C)cc1. The van der Waals surface area contributed by atoms with Gasteiger partial charge in [0.15, 0.2) is 0 Å². The molecule has 0 aliphatic carbocycles. The Morgan fingerprint density at radius 2 is 1.64 bits per heavy atom. The first-order chi connectivity index (χ1) is 13.1. The topological polar surface area (TPSA) is 75.7 Å². The van der Waals surface area contributed by atoms with Gasteiger partial charge in [0.1, 0.15) is 5.75 Å². The number of benzene rings is 2. The Morgan fingerprint density at radius 1 is 1.07 bits per heavy atom. The molecular formula is C21H28N2O4S. The summed E-state index contributed by atoms with van der Waals surface area (Å²) in [6.45, 7) is 5.68. The number of sulfonamides is 1. The molecule has 0 bridgehead atoms. The molecule has 0 unspecified atom stereocenters. The monoisotopic (exact) mass is 404 g/mol. The van der Waals surface area contributed by atoms with Crippen LogP contribution in [0.5, 0.6) is 5.75 Å². The number of carbonyl (C=O) groups excluding carboxylic acids is 1. The lowest BCUT2D eigenvalue weighted by atomic mass is 10.1. The first-order valence-corrected chi connectivity index (χ1v) is 10.5. The van der Waals surface area contributed by atoms with Crippen LogP contribution in [0, 0.1) is 20.8 Å². The molecule has 28 heavy (non-hydrogen) atoms. The maximum atomic E-state index is 12.9. The average molecular weight is 405 g/mol. The summed E-state index contributed by atoms with van der Waals surface area (Å²) in [7, 11) is -0.700. The van der Waals surface area contributed by atoms with Gasteiger partial charge in [0, 0.05) is 13.6 Å². The molecule has 0 aliphatic rings. The summed E-state index contributed by atoms with van der Waals surface area (Å²) in [6.07, 6.45) is 0.655. The molecule has 1 amide bonds. The Morgan fingerprint density at radius 3 is 2.18 bits per heavy atom. The third-order valence-corrected chi connectivity index (χ3v) is 6.64. The fourth-order valence-corrected chi connectivity index (χ4v) is 4.74. The first kappa shape index (κ1) is 21.9. The zero-order chi connectivity index (χ0) is 20.9. The third kappa shape index (κ3) is 5.33. The number of nitrogens with one attached hydrogen (secondary N) is 1. The second-order valence-electron chi connectivity index (χ2n) is 6.94. The van der Waals surface area contributed by atoms with Crippen LogP contribution in [0.2, 0.25) is 0 Å². The molecule has 0 heterocycles. The van der Waals surface area contributed by atoms with Gasteiger partial charge in [0.05, 0.1) is 18.6 Å². The van der Waals surface area contributed by atoms with E-state index in [-0.39, 0.29) is 17.3 Å². The minimum atomic E-state index is -3.74. The van der Waals surface area contributed by atoms with E-state index in [1.165, 1.54) is 7.05 Å². The van der Waals surface area contributed by atoms with Crippen molar-refractivity contribution in [3.63, 3.8) is 0 Å². The lowest BCUT2D eigenvalue weighted by Gasteiger charge is -2.20. The molecule has 0 fully saturated rings. The van der Waals surface area contributed by atoms with Gasteiger partial charge < -0.3 is 10.1 Å². The molecule has 0 saturated heterocycles. The average Bonchev–Trinajstić information content (AvgIpc) is 2.61. The summed E-state index contributed by atoms with van der Waals surface area (Å²) in [5.74, 6) is 0.448. The van der Waals surface area contributed by atoms with E-state index in [1.54, 1.807) is 21.0 Å². The Hall–Kier alpha value is -2.38. The number of ether oxygens (including phenoxy) is 1. The minimum Gasteiger partial charge on any atom is -0.497 e. The lowest BCUT2D eigenvalue weighted by molar-refractivity contribution is -0.121. The van der Waals surface area contributed by atoms with Crippen LogP contribution in [0.15, 0.2) is 41.3 Å². The van der Waals surface area contributed by atoms with Crippen molar-refractivity contribution in [2.75, 3.05) is 27.2 Å². The molecule has 2 rings (SSSR count). The molecule has 0 aliphatic heterocycles. The summed E-state index contributed by atoms with van der Waals surface area (Å²) in [5.41, 5.74) is 3.44. The fraction of sp³-hybridized carbons (Fsp3) is 0.381. The van der Waals surface area contributed by atoms with Gasteiger partial charge >= 0.3 is 0 Å². The van der Waals surface area contributed by atoms with Gasteiger partial charge in [0.25, 0.3) is 0 Å². The van der Waals surface area contributed by atoms with E-state index in [9.17, 15) is 13.2 Å². The van der Waals surface area contributed by atoms with Crippen LogP contribution in [0.4, 0.5) is 0 Å². The molecule has 6 nitrogen and oxygen atoms in total. The van der Waals surface area contributed by atoms with Crippen molar-refractivity contribution in [3.05, 3.63) is 58.7 Å². The quantitative estimate of drug-likeness (QED) is 0.734. The molecule has 0 radical (unpaired) electrons.